The van der Waals surface area contributed by atoms with Gasteiger partial charge < -0.3 is 0 Å². The predicted molar refractivity (Wildman–Crippen MR) is 90.6 cm³/mol. The second-order valence-corrected chi connectivity index (χ2v) is 6.35. The minimum absolute atomic E-state index is 0.0477. The van der Waals surface area contributed by atoms with E-state index in [9.17, 15) is 4.79 Å². The minimum atomic E-state index is -0.119. The van der Waals surface area contributed by atoms with Gasteiger partial charge in [-0.05, 0) is 36.4 Å². The lowest BCUT2D eigenvalue weighted by molar-refractivity contribution is -0.123. The Labute approximate surface area is 130 Å². The number of carbonyl (C=O) groups is 1. The van der Waals surface area contributed by atoms with Gasteiger partial charge in [0.15, 0.2) is 5.78 Å². The number of hydrogen-bond donors (Lipinski definition) is 1. The van der Waals surface area contributed by atoms with Crippen molar-refractivity contribution in [2.24, 2.45) is 5.92 Å². The molecule has 0 amide bonds. The van der Waals surface area contributed by atoms with Crippen molar-refractivity contribution in [1.82, 2.24) is 10.3 Å². The average molecular weight is 302 g/mol. The molecular formula is C17H22N2OS. The number of nitrogens with one attached hydrogen (secondary N) is 1. The molecule has 0 fully saturated rings. The van der Waals surface area contributed by atoms with Crippen LogP contribution in [0.15, 0.2) is 36.5 Å². The molecular weight excluding hydrogens is 280 g/mol. The molecule has 0 saturated heterocycles. The first kappa shape index (κ1) is 16.0. The molecule has 2 aromatic rings. The van der Waals surface area contributed by atoms with E-state index in [1.807, 2.05) is 32.2 Å². The van der Waals surface area contributed by atoms with Gasteiger partial charge in [0, 0.05) is 23.4 Å². The van der Waals surface area contributed by atoms with Crippen LogP contribution in [0.3, 0.4) is 0 Å². The molecule has 1 unspecified atom stereocenters. The zero-order valence-corrected chi connectivity index (χ0v) is 13.6. The van der Waals surface area contributed by atoms with Gasteiger partial charge >= 0.3 is 0 Å². The van der Waals surface area contributed by atoms with E-state index in [0.29, 0.717) is 0 Å². The van der Waals surface area contributed by atoms with Gasteiger partial charge in [0.2, 0.25) is 0 Å². The Morgan fingerprint density at radius 1 is 1.33 bits per heavy atom. The molecule has 112 valence electrons. The molecule has 2 rings (SSSR count). The highest BCUT2D eigenvalue weighted by molar-refractivity contribution is 7.98. The van der Waals surface area contributed by atoms with E-state index in [4.69, 9.17) is 0 Å². The molecule has 1 heterocycles. The third-order valence-corrected chi connectivity index (χ3v) is 3.95. The van der Waals surface area contributed by atoms with Gasteiger partial charge in [0.1, 0.15) is 0 Å². The topological polar surface area (TPSA) is 42.0 Å². The van der Waals surface area contributed by atoms with E-state index in [1.54, 1.807) is 18.0 Å². The molecule has 0 aliphatic rings. The van der Waals surface area contributed by atoms with Crippen molar-refractivity contribution >= 4 is 28.4 Å². The number of nitrogens with zero attached hydrogens (tertiary/aromatic N) is 1. The molecule has 1 atom stereocenters. The van der Waals surface area contributed by atoms with E-state index >= 15 is 0 Å². The van der Waals surface area contributed by atoms with Crippen LogP contribution in [0.2, 0.25) is 0 Å². The second-order valence-electron chi connectivity index (χ2n) is 5.48. The monoisotopic (exact) mass is 302 g/mol. The lowest BCUT2D eigenvalue weighted by atomic mass is 9.95. The fourth-order valence-electron chi connectivity index (χ4n) is 2.35. The summed E-state index contributed by atoms with van der Waals surface area (Å²) in [6.07, 6.45) is 4.56. The maximum Gasteiger partial charge on any atom is 0.152 e. The highest BCUT2D eigenvalue weighted by Crippen LogP contribution is 2.16. The highest BCUT2D eigenvalue weighted by Gasteiger charge is 2.20. The molecule has 1 aromatic carbocycles. The Hall–Kier alpha value is -1.39. The first-order valence-electron chi connectivity index (χ1n) is 7.21. The van der Waals surface area contributed by atoms with E-state index in [-0.39, 0.29) is 17.7 Å². The highest BCUT2D eigenvalue weighted by atomic mass is 32.2. The van der Waals surface area contributed by atoms with Crippen LogP contribution >= 0.6 is 11.8 Å². The number of hydrogen-bond acceptors (Lipinski definition) is 4. The van der Waals surface area contributed by atoms with Gasteiger partial charge in [-0.2, -0.15) is 0 Å². The number of pyridine rings is 1. The third-order valence-electron chi connectivity index (χ3n) is 3.49. The van der Waals surface area contributed by atoms with Crippen LogP contribution in [0.5, 0.6) is 0 Å². The molecule has 1 N–H and O–H groups in total. The Morgan fingerprint density at radius 2 is 2.14 bits per heavy atom. The SMILES string of the molecule is CSCNC(Cc1ccc2ncccc2c1)C(=O)C(C)C. The summed E-state index contributed by atoms with van der Waals surface area (Å²) in [7, 11) is 0. The molecule has 3 nitrogen and oxygen atoms in total. The minimum Gasteiger partial charge on any atom is -0.298 e. The Balaban J connectivity index is 2.18. The van der Waals surface area contributed by atoms with Crippen LogP contribution in [0, 0.1) is 5.92 Å². The first-order valence-corrected chi connectivity index (χ1v) is 8.61. The van der Waals surface area contributed by atoms with Gasteiger partial charge in [-0.15, -0.1) is 11.8 Å². The lowest BCUT2D eigenvalue weighted by Gasteiger charge is -2.19. The van der Waals surface area contributed by atoms with Crippen LogP contribution in [0.4, 0.5) is 0 Å². The standard InChI is InChI=1S/C17H22N2OS/c1-12(2)17(20)16(19-11-21-3)10-13-6-7-15-14(9-13)5-4-8-18-15/h4-9,12,16,19H,10-11H2,1-3H3. The number of Topliss-reactive ketones (excluding diaryl/α,β-unsaturated/α-hetero) is 1. The average Bonchev–Trinajstić information content (AvgIpc) is 2.50. The summed E-state index contributed by atoms with van der Waals surface area (Å²) in [6.45, 7) is 3.92. The zero-order valence-electron chi connectivity index (χ0n) is 12.8. The summed E-state index contributed by atoms with van der Waals surface area (Å²) < 4.78 is 0. The van der Waals surface area contributed by atoms with Crippen molar-refractivity contribution in [2.75, 3.05) is 12.1 Å². The number of ketones is 1. The maximum atomic E-state index is 12.3. The largest absolute Gasteiger partial charge is 0.298 e. The van der Waals surface area contributed by atoms with Crippen LogP contribution < -0.4 is 5.32 Å². The number of thioether (sulfide) groups is 1. The predicted octanol–water partition coefficient (Wildman–Crippen LogP) is 3.28. The molecule has 0 spiro atoms. The lowest BCUT2D eigenvalue weighted by Crippen LogP contribution is -2.40. The van der Waals surface area contributed by atoms with Crippen LogP contribution in [0.25, 0.3) is 10.9 Å². The zero-order chi connectivity index (χ0) is 15.2. The molecule has 21 heavy (non-hydrogen) atoms. The fraction of sp³-hybridized carbons (Fsp3) is 0.412. The van der Waals surface area contributed by atoms with Crippen LogP contribution in [-0.4, -0.2) is 28.9 Å². The molecule has 0 aliphatic carbocycles. The fourth-order valence-corrected chi connectivity index (χ4v) is 2.72. The van der Waals surface area contributed by atoms with Crippen molar-refractivity contribution in [3.05, 3.63) is 42.1 Å². The molecule has 0 aliphatic heterocycles. The van der Waals surface area contributed by atoms with Crippen molar-refractivity contribution in [3.63, 3.8) is 0 Å². The number of benzene rings is 1. The number of carbonyl (C=O) groups excluding carboxylic acids is 1. The van der Waals surface area contributed by atoms with Crippen molar-refractivity contribution in [3.8, 4) is 0 Å². The van der Waals surface area contributed by atoms with Gasteiger partial charge in [-0.1, -0.05) is 26.0 Å². The van der Waals surface area contributed by atoms with Crippen LogP contribution in [0.1, 0.15) is 19.4 Å². The third kappa shape index (κ3) is 4.29. The van der Waals surface area contributed by atoms with E-state index in [1.165, 1.54) is 5.56 Å². The maximum absolute atomic E-state index is 12.3. The van der Waals surface area contributed by atoms with E-state index in [2.05, 4.69) is 28.5 Å². The summed E-state index contributed by atoms with van der Waals surface area (Å²) in [5.41, 5.74) is 2.16. The molecule has 1 aromatic heterocycles. The van der Waals surface area contributed by atoms with Gasteiger partial charge in [-0.3, -0.25) is 15.1 Å². The Morgan fingerprint density at radius 3 is 2.86 bits per heavy atom. The smallest absolute Gasteiger partial charge is 0.152 e. The normalized spacial score (nSPS) is 12.8. The number of fused-ring (bicyclic) bond motifs is 1. The number of aromatic nitrogens is 1. The van der Waals surface area contributed by atoms with Crippen LogP contribution in [-0.2, 0) is 11.2 Å². The molecule has 0 bridgehead atoms. The first-order chi connectivity index (χ1) is 10.1. The van der Waals surface area contributed by atoms with Crippen molar-refractivity contribution < 1.29 is 4.79 Å². The van der Waals surface area contributed by atoms with Crippen molar-refractivity contribution in [1.29, 1.82) is 0 Å². The van der Waals surface area contributed by atoms with E-state index < -0.39 is 0 Å². The van der Waals surface area contributed by atoms with Gasteiger partial charge in [0.25, 0.3) is 0 Å². The van der Waals surface area contributed by atoms with Gasteiger partial charge in [-0.25, -0.2) is 0 Å². The summed E-state index contributed by atoms with van der Waals surface area (Å²) in [5, 5.41) is 4.47. The van der Waals surface area contributed by atoms with Gasteiger partial charge in [0.05, 0.1) is 11.6 Å². The summed E-state index contributed by atoms with van der Waals surface area (Å²) >= 11 is 1.70. The summed E-state index contributed by atoms with van der Waals surface area (Å²) in [5.74, 6) is 1.11. The second kappa shape index (κ2) is 7.57. The molecule has 0 saturated carbocycles. The van der Waals surface area contributed by atoms with Crippen molar-refractivity contribution in [2.45, 2.75) is 26.3 Å². The molecule has 0 radical (unpaired) electrons. The summed E-state index contributed by atoms with van der Waals surface area (Å²) in [4.78, 5) is 16.7. The van der Waals surface area contributed by atoms with E-state index in [0.717, 1.165) is 23.2 Å². The summed E-state index contributed by atoms with van der Waals surface area (Å²) in [6, 6.07) is 10.1. The number of rotatable bonds is 7. The Kier molecular flexibility index (Phi) is 5.76. The molecule has 4 heteroatoms. The quantitative estimate of drug-likeness (QED) is 0.797. The Bertz CT molecular complexity index is 613.